The van der Waals surface area contributed by atoms with E-state index in [1.807, 2.05) is 4.90 Å². The van der Waals surface area contributed by atoms with Crippen LogP contribution in [0.3, 0.4) is 0 Å². The Hall–Kier alpha value is -1.39. The van der Waals surface area contributed by atoms with Gasteiger partial charge in [0.25, 0.3) is 0 Å². The summed E-state index contributed by atoms with van der Waals surface area (Å²) in [6.45, 7) is 1.54. The number of piperidine rings is 2. The molecule has 0 N–H and O–H groups in total. The summed E-state index contributed by atoms with van der Waals surface area (Å²) in [4.78, 5) is 39.6. The van der Waals surface area contributed by atoms with Crippen molar-refractivity contribution < 1.29 is 14.4 Å². The molecule has 2 amide bonds. The number of likely N-dealkylation sites (tertiary alicyclic amines) is 2. The molecule has 3 aliphatic rings. The van der Waals surface area contributed by atoms with Gasteiger partial charge in [0.1, 0.15) is 5.78 Å². The van der Waals surface area contributed by atoms with E-state index in [4.69, 9.17) is 0 Å². The third-order valence-electron chi connectivity index (χ3n) is 5.30. The SMILES string of the molecule is O=C1CCN(C(=O)C(=O)N2CCCC3CCCCC32)CC1. The molecule has 2 saturated heterocycles. The highest BCUT2D eigenvalue weighted by Gasteiger charge is 2.39. The zero-order chi connectivity index (χ0) is 14.8. The first-order chi connectivity index (χ1) is 10.2. The lowest BCUT2D eigenvalue weighted by Gasteiger charge is -2.44. The van der Waals surface area contributed by atoms with E-state index in [0.717, 1.165) is 25.8 Å². The molecule has 116 valence electrons. The molecular weight excluding hydrogens is 268 g/mol. The molecule has 5 nitrogen and oxygen atoms in total. The van der Waals surface area contributed by atoms with E-state index in [1.165, 1.54) is 19.3 Å². The summed E-state index contributed by atoms with van der Waals surface area (Å²) in [5.74, 6) is 0.0543. The summed E-state index contributed by atoms with van der Waals surface area (Å²) >= 11 is 0. The van der Waals surface area contributed by atoms with Gasteiger partial charge in [0.05, 0.1) is 0 Å². The molecule has 0 aromatic heterocycles. The molecule has 0 spiro atoms. The van der Waals surface area contributed by atoms with Crippen LogP contribution in [0.4, 0.5) is 0 Å². The quantitative estimate of drug-likeness (QED) is 0.633. The van der Waals surface area contributed by atoms with Crippen LogP contribution in [-0.4, -0.2) is 53.1 Å². The van der Waals surface area contributed by atoms with Gasteiger partial charge >= 0.3 is 11.8 Å². The van der Waals surface area contributed by atoms with Crippen molar-refractivity contribution in [2.45, 2.75) is 57.4 Å². The summed E-state index contributed by atoms with van der Waals surface area (Å²) in [7, 11) is 0. The van der Waals surface area contributed by atoms with Crippen molar-refractivity contribution in [3.05, 3.63) is 0 Å². The molecule has 2 heterocycles. The Labute approximate surface area is 125 Å². The maximum absolute atomic E-state index is 12.6. The van der Waals surface area contributed by atoms with Crippen LogP contribution in [0.25, 0.3) is 0 Å². The van der Waals surface area contributed by atoms with E-state index in [2.05, 4.69) is 0 Å². The number of Topliss-reactive ketones (excluding diaryl/α,β-unsaturated/α-hetero) is 1. The van der Waals surface area contributed by atoms with Crippen LogP contribution in [0, 0.1) is 5.92 Å². The fourth-order valence-electron chi connectivity index (χ4n) is 4.09. The van der Waals surface area contributed by atoms with Crippen LogP contribution in [0.2, 0.25) is 0 Å². The van der Waals surface area contributed by atoms with Gasteiger partial charge < -0.3 is 9.80 Å². The highest BCUT2D eigenvalue weighted by atomic mass is 16.2. The molecule has 2 unspecified atom stereocenters. The normalized spacial score (nSPS) is 30.0. The van der Waals surface area contributed by atoms with Crippen molar-refractivity contribution in [3.8, 4) is 0 Å². The summed E-state index contributed by atoms with van der Waals surface area (Å²) in [5.41, 5.74) is 0. The average Bonchev–Trinajstić information content (AvgIpc) is 2.53. The molecule has 21 heavy (non-hydrogen) atoms. The van der Waals surface area contributed by atoms with E-state index in [0.29, 0.717) is 31.8 Å². The van der Waals surface area contributed by atoms with Gasteiger partial charge in [0.15, 0.2) is 0 Å². The molecule has 1 aliphatic carbocycles. The van der Waals surface area contributed by atoms with E-state index in [-0.39, 0.29) is 17.7 Å². The van der Waals surface area contributed by atoms with Crippen molar-refractivity contribution in [1.29, 1.82) is 0 Å². The van der Waals surface area contributed by atoms with Gasteiger partial charge in [-0.05, 0) is 31.6 Å². The predicted octanol–water partition coefficient (Wildman–Crippen LogP) is 1.36. The average molecular weight is 292 g/mol. The third-order valence-corrected chi connectivity index (χ3v) is 5.30. The van der Waals surface area contributed by atoms with Gasteiger partial charge in [0.2, 0.25) is 0 Å². The molecule has 0 aromatic carbocycles. The standard InChI is InChI=1S/C16H24N2O3/c19-13-7-10-17(11-8-13)15(20)16(21)18-9-3-5-12-4-1-2-6-14(12)18/h12,14H,1-11H2. The summed E-state index contributed by atoms with van der Waals surface area (Å²) in [6, 6.07) is 0.273. The van der Waals surface area contributed by atoms with Crippen LogP contribution in [0.1, 0.15) is 51.4 Å². The number of amides is 2. The lowest BCUT2D eigenvalue weighted by molar-refractivity contribution is -0.156. The summed E-state index contributed by atoms with van der Waals surface area (Å²) in [6.07, 6.45) is 7.65. The van der Waals surface area contributed by atoms with Crippen LogP contribution < -0.4 is 0 Å². The van der Waals surface area contributed by atoms with Crippen LogP contribution in [0.15, 0.2) is 0 Å². The van der Waals surface area contributed by atoms with Gasteiger partial charge in [-0.25, -0.2) is 0 Å². The number of ketones is 1. The maximum Gasteiger partial charge on any atom is 0.312 e. The highest BCUT2D eigenvalue weighted by molar-refractivity contribution is 6.35. The predicted molar refractivity (Wildman–Crippen MR) is 77.5 cm³/mol. The minimum atomic E-state index is -0.395. The number of rotatable bonds is 0. The van der Waals surface area contributed by atoms with E-state index in [9.17, 15) is 14.4 Å². The van der Waals surface area contributed by atoms with Crippen LogP contribution >= 0.6 is 0 Å². The van der Waals surface area contributed by atoms with Crippen molar-refractivity contribution in [2.75, 3.05) is 19.6 Å². The van der Waals surface area contributed by atoms with Crippen LogP contribution in [0.5, 0.6) is 0 Å². The molecule has 5 heteroatoms. The molecular formula is C16H24N2O3. The van der Waals surface area contributed by atoms with Gasteiger partial charge in [-0.1, -0.05) is 12.8 Å². The topological polar surface area (TPSA) is 57.7 Å². The van der Waals surface area contributed by atoms with Gasteiger partial charge in [-0.2, -0.15) is 0 Å². The van der Waals surface area contributed by atoms with Gasteiger partial charge in [-0.3, -0.25) is 14.4 Å². The molecule has 1 saturated carbocycles. The van der Waals surface area contributed by atoms with E-state index < -0.39 is 5.91 Å². The van der Waals surface area contributed by atoms with Crippen molar-refractivity contribution in [2.24, 2.45) is 5.92 Å². The molecule has 0 bridgehead atoms. The molecule has 0 aromatic rings. The lowest BCUT2D eigenvalue weighted by atomic mass is 9.78. The zero-order valence-electron chi connectivity index (χ0n) is 12.6. The second kappa shape index (κ2) is 6.16. The van der Waals surface area contributed by atoms with Crippen LogP contribution in [-0.2, 0) is 14.4 Å². The van der Waals surface area contributed by atoms with Crippen molar-refractivity contribution in [3.63, 3.8) is 0 Å². The fourth-order valence-corrected chi connectivity index (χ4v) is 4.09. The molecule has 2 atom stereocenters. The Morgan fingerprint density at radius 1 is 0.857 bits per heavy atom. The Kier molecular flexibility index (Phi) is 4.27. The molecule has 0 radical (unpaired) electrons. The number of fused-ring (bicyclic) bond motifs is 1. The third kappa shape index (κ3) is 2.97. The molecule has 2 aliphatic heterocycles. The van der Waals surface area contributed by atoms with Crippen molar-refractivity contribution in [1.82, 2.24) is 9.80 Å². The zero-order valence-corrected chi connectivity index (χ0v) is 12.6. The van der Waals surface area contributed by atoms with Crippen molar-refractivity contribution >= 4 is 17.6 Å². The van der Waals surface area contributed by atoms with Gasteiger partial charge in [-0.15, -0.1) is 0 Å². The number of carbonyl (C=O) groups excluding carboxylic acids is 3. The Morgan fingerprint density at radius 2 is 1.52 bits per heavy atom. The second-order valence-electron chi connectivity index (χ2n) is 6.58. The van der Waals surface area contributed by atoms with E-state index in [1.54, 1.807) is 4.90 Å². The largest absolute Gasteiger partial charge is 0.334 e. The highest BCUT2D eigenvalue weighted by Crippen LogP contribution is 2.35. The van der Waals surface area contributed by atoms with E-state index >= 15 is 0 Å². The minimum Gasteiger partial charge on any atom is -0.334 e. The smallest absolute Gasteiger partial charge is 0.312 e. The first-order valence-electron chi connectivity index (χ1n) is 8.28. The monoisotopic (exact) mass is 292 g/mol. The number of carbonyl (C=O) groups is 3. The number of hydrogen-bond donors (Lipinski definition) is 0. The first-order valence-corrected chi connectivity index (χ1v) is 8.28. The number of nitrogens with zero attached hydrogens (tertiary/aromatic N) is 2. The van der Waals surface area contributed by atoms with Gasteiger partial charge in [0, 0.05) is 38.5 Å². The second-order valence-corrected chi connectivity index (χ2v) is 6.58. The number of hydrogen-bond acceptors (Lipinski definition) is 3. The Bertz CT molecular complexity index is 437. The summed E-state index contributed by atoms with van der Waals surface area (Å²) < 4.78 is 0. The summed E-state index contributed by atoms with van der Waals surface area (Å²) in [5, 5.41) is 0. The first kappa shape index (κ1) is 14.5. The Balaban J connectivity index is 1.65. The molecule has 3 rings (SSSR count). The fraction of sp³-hybridized carbons (Fsp3) is 0.812. The maximum atomic E-state index is 12.6. The minimum absolute atomic E-state index is 0.191. The lowest BCUT2D eigenvalue weighted by Crippen LogP contribution is -2.55. The Morgan fingerprint density at radius 3 is 2.29 bits per heavy atom. The molecule has 3 fully saturated rings.